The minimum atomic E-state index is 0.529. The molecule has 0 unspecified atom stereocenters. The van der Waals surface area contributed by atoms with Crippen molar-refractivity contribution in [2.45, 2.75) is 101 Å². The minimum Gasteiger partial charge on any atom is -0.364 e. The van der Waals surface area contributed by atoms with Crippen LogP contribution in [0.1, 0.15) is 118 Å². The van der Waals surface area contributed by atoms with E-state index < -0.39 is 0 Å². The summed E-state index contributed by atoms with van der Waals surface area (Å²) in [6.45, 7) is 25.0. The fraction of sp³-hybridized carbons (Fsp3) is 0.517. The van der Waals surface area contributed by atoms with Crippen molar-refractivity contribution in [1.82, 2.24) is 10.1 Å². The number of hydrogen-bond donors (Lipinski definition) is 0. The van der Waals surface area contributed by atoms with Gasteiger partial charge in [0, 0.05) is 18.0 Å². The zero-order valence-corrected chi connectivity index (χ0v) is 22.9. The van der Waals surface area contributed by atoms with Gasteiger partial charge >= 0.3 is 0 Å². The molecule has 0 radical (unpaired) electrons. The van der Waals surface area contributed by atoms with Crippen LogP contribution in [-0.2, 0) is 0 Å². The topological polar surface area (TPSA) is 38.9 Å². The molecular weight excluding hydrogens is 392 g/mol. The van der Waals surface area contributed by atoms with Crippen LogP contribution in [0.4, 0.5) is 0 Å². The van der Waals surface area contributed by atoms with Crippen molar-refractivity contribution >= 4 is 0 Å². The number of benzene rings is 1. The lowest BCUT2D eigenvalue weighted by Crippen LogP contribution is -1.85. The molecule has 0 N–H and O–H groups in total. The van der Waals surface area contributed by atoms with Crippen LogP contribution in [0.25, 0.3) is 0 Å². The molecule has 0 saturated carbocycles. The zero-order chi connectivity index (χ0) is 25.4. The summed E-state index contributed by atoms with van der Waals surface area (Å²) in [5.41, 5.74) is 3.92. The van der Waals surface area contributed by atoms with Gasteiger partial charge in [-0.05, 0) is 41.0 Å². The fourth-order valence-corrected chi connectivity index (χ4v) is 2.08. The fourth-order valence-electron chi connectivity index (χ4n) is 2.08. The van der Waals surface area contributed by atoms with E-state index in [1.807, 2.05) is 72.1 Å². The Kier molecular flexibility index (Phi) is 26.6. The third kappa shape index (κ3) is 18.4. The Morgan fingerprint density at radius 3 is 1.22 bits per heavy atom. The number of nitrogens with zero attached hydrogens (tertiary/aromatic N) is 2. The van der Waals surface area contributed by atoms with Gasteiger partial charge in [-0.25, -0.2) is 0 Å². The van der Waals surface area contributed by atoms with Crippen LogP contribution in [-0.4, -0.2) is 10.1 Å². The monoisotopic (exact) mass is 442 g/mol. The Labute approximate surface area is 199 Å². The molecular formula is C29H50N2O. The van der Waals surface area contributed by atoms with E-state index in [1.165, 1.54) is 11.1 Å². The van der Waals surface area contributed by atoms with Gasteiger partial charge in [0.1, 0.15) is 6.26 Å². The van der Waals surface area contributed by atoms with Crippen molar-refractivity contribution in [3.63, 3.8) is 0 Å². The molecule has 0 aliphatic rings. The van der Waals surface area contributed by atoms with Gasteiger partial charge in [-0.3, -0.25) is 4.98 Å². The Morgan fingerprint density at radius 2 is 0.969 bits per heavy atom. The molecule has 2 aromatic heterocycles. The van der Waals surface area contributed by atoms with Crippen LogP contribution >= 0.6 is 0 Å². The smallest absolute Gasteiger partial charge is 0.127 e. The van der Waals surface area contributed by atoms with Crippen LogP contribution in [0.15, 0.2) is 71.8 Å². The summed E-state index contributed by atoms with van der Waals surface area (Å²) in [6, 6.07) is 14.6. The normalized spacial score (nSPS) is 8.84. The highest BCUT2D eigenvalue weighted by Gasteiger charge is 1.98. The highest BCUT2D eigenvalue weighted by molar-refractivity contribution is 5.17. The molecule has 3 rings (SSSR count). The van der Waals surface area contributed by atoms with E-state index in [-0.39, 0.29) is 0 Å². The highest BCUT2D eigenvalue weighted by Crippen LogP contribution is 2.12. The van der Waals surface area contributed by atoms with E-state index >= 15 is 0 Å². The molecule has 3 heteroatoms. The van der Waals surface area contributed by atoms with Crippen LogP contribution in [0.3, 0.4) is 0 Å². The van der Waals surface area contributed by atoms with E-state index in [1.54, 1.807) is 12.5 Å². The Bertz CT molecular complexity index is 632. The average molecular weight is 443 g/mol. The summed E-state index contributed by atoms with van der Waals surface area (Å²) in [5.74, 6) is 1.81. The van der Waals surface area contributed by atoms with Crippen LogP contribution in [0.5, 0.6) is 0 Å². The second kappa shape index (κ2) is 24.8. The molecule has 3 aromatic rings. The van der Waals surface area contributed by atoms with Gasteiger partial charge in [0.05, 0.1) is 6.20 Å². The summed E-state index contributed by atoms with van der Waals surface area (Å²) in [4.78, 5) is 3.93. The second-order valence-corrected chi connectivity index (χ2v) is 7.11. The predicted octanol–water partition coefficient (Wildman–Crippen LogP) is 9.89. The van der Waals surface area contributed by atoms with Gasteiger partial charge in [-0.2, -0.15) is 0 Å². The summed E-state index contributed by atoms with van der Waals surface area (Å²) in [6.07, 6.45) is 7.07. The Hall–Kier alpha value is -2.42. The maximum atomic E-state index is 4.63. The maximum Gasteiger partial charge on any atom is 0.127 e. The standard InChI is InChI=1S/C9H12.C8H11N.C6H9NO.3C2H6/c1-8(2)9-6-4-3-5-7-9;1-7(2)8-3-5-9-6-4-8;1-5(2)6-3-7-8-4-6;3*1-2/h3-8H,1-2H3;3-7H,1-2H3;3-5H,1-2H3;3*1-2H3. The molecule has 0 saturated heterocycles. The third-order valence-electron chi connectivity index (χ3n) is 3.96. The number of hydrogen-bond acceptors (Lipinski definition) is 3. The molecule has 1 aromatic carbocycles. The Balaban J connectivity index is -0.000000353. The van der Waals surface area contributed by atoms with Gasteiger partial charge in [-0.15, -0.1) is 0 Å². The van der Waals surface area contributed by atoms with E-state index in [0.717, 1.165) is 5.56 Å². The SMILES string of the molecule is CC.CC.CC.CC(C)c1ccccc1.CC(C)c1ccncc1.CC(C)c1cnoc1. The molecule has 0 fully saturated rings. The molecule has 0 spiro atoms. The molecule has 0 aliphatic carbocycles. The van der Waals surface area contributed by atoms with E-state index in [4.69, 9.17) is 0 Å². The number of pyridine rings is 1. The average Bonchev–Trinajstić information content (AvgIpc) is 3.41. The van der Waals surface area contributed by atoms with Crippen molar-refractivity contribution in [3.8, 4) is 0 Å². The summed E-state index contributed by atoms with van der Waals surface area (Å²) in [7, 11) is 0. The lowest BCUT2D eigenvalue weighted by Gasteiger charge is -2.01. The third-order valence-corrected chi connectivity index (χ3v) is 3.96. The molecule has 0 aliphatic heterocycles. The van der Waals surface area contributed by atoms with Gasteiger partial charge < -0.3 is 4.52 Å². The second-order valence-electron chi connectivity index (χ2n) is 7.11. The molecule has 2 heterocycles. The molecule has 0 atom stereocenters. The largest absolute Gasteiger partial charge is 0.364 e. The van der Waals surface area contributed by atoms with Gasteiger partial charge in [-0.1, -0.05) is 119 Å². The lowest BCUT2D eigenvalue weighted by atomic mass is 10.0. The van der Waals surface area contributed by atoms with Crippen molar-refractivity contribution in [1.29, 1.82) is 0 Å². The van der Waals surface area contributed by atoms with E-state index in [2.05, 4.69) is 80.5 Å². The van der Waals surface area contributed by atoms with Crippen molar-refractivity contribution < 1.29 is 4.52 Å². The molecule has 0 bridgehead atoms. The molecule has 182 valence electrons. The first-order valence-electron chi connectivity index (χ1n) is 12.3. The summed E-state index contributed by atoms with van der Waals surface area (Å²) >= 11 is 0. The zero-order valence-electron chi connectivity index (χ0n) is 22.9. The first-order valence-corrected chi connectivity index (χ1v) is 12.3. The van der Waals surface area contributed by atoms with Crippen LogP contribution in [0, 0.1) is 0 Å². The number of aromatic nitrogens is 2. The van der Waals surface area contributed by atoms with Crippen molar-refractivity contribution in [3.05, 3.63) is 84.0 Å². The van der Waals surface area contributed by atoms with Crippen LogP contribution < -0.4 is 0 Å². The first-order chi connectivity index (χ1) is 15.4. The highest BCUT2D eigenvalue weighted by atomic mass is 16.5. The van der Waals surface area contributed by atoms with Gasteiger partial charge in [0.2, 0.25) is 0 Å². The molecule has 32 heavy (non-hydrogen) atoms. The Morgan fingerprint density at radius 1 is 0.562 bits per heavy atom. The van der Waals surface area contributed by atoms with Gasteiger partial charge in [0.15, 0.2) is 0 Å². The van der Waals surface area contributed by atoms with E-state index in [0.29, 0.717) is 17.8 Å². The van der Waals surface area contributed by atoms with E-state index in [9.17, 15) is 0 Å². The van der Waals surface area contributed by atoms with Gasteiger partial charge in [0.25, 0.3) is 0 Å². The lowest BCUT2D eigenvalue weighted by molar-refractivity contribution is 0.418. The molecule has 0 amide bonds. The minimum absolute atomic E-state index is 0.529. The van der Waals surface area contributed by atoms with Crippen molar-refractivity contribution in [2.75, 3.05) is 0 Å². The van der Waals surface area contributed by atoms with Crippen molar-refractivity contribution in [2.24, 2.45) is 0 Å². The number of rotatable bonds is 3. The summed E-state index contributed by atoms with van der Waals surface area (Å²) in [5, 5.41) is 3.57. The molecule has 3 nitrogen and oxygen atoms in total. The summed E-state index contributed by atoms with van der Waals surface area (Å²) < 4.78 is 4.63. The first kappa shape index (κ1) is 34.2. The van der Waals surface area contributed by atoms with Crippen LogP contribution in [0.2, 0.25) is 0 Å². The quantitative estimate of drug-likeness (QED) is 0.405. The maximum absolute atomic E-state index is 4.63. The predicted molar refractivity (Wildman–Crippen MR) is 143 cm³/mol.